The summed E-state index contributed by atoms with van der Waals surface area (Å²) in [6.45, 7) is 5.18. The molecular formula is C15H23NO2. The van der Waals surface area contributed by atoms with E-state index in [9.17, 15) is 4.79 Å². The van der Waals surface area contributed by atoms with Gasteiger partial charge in [0.2, 0.25) is 0 Å². The van der Waals surface area contributed by atoms with E-state index in [2.05, 4.69) is 19.2 Å². The maximum atomic E-state index is 11.8. The molecule has 0 spiro atoms. The summed E-state index contributed by atoms with van der Waals surface area (Å²) in [7, 11) is 1.43. The van der Waals surface area contributed by atoms with Gasteiger partial charge in [0.25, 0.3) is 0 Å². The largest absolute Gasteiger partial charge is 0.468 e. The highest BCUT2D eigenvalue weighted by Gasteiger charge is 2.20. The van der Waals surface area contributed by atoms with E-state index in [1.54, 1.807) is 0 Å². The maximum Gasteiger partial charge on any atom is 0.327 e. The van der Waals surface area contributed by atoms with Crippen molar-refractivity contribution in [3.63, 3.8) is 0 Å². The zero-order valence-corrected chi connectivity index (χ0v) is 11.5. The van der Waals surface area contributed by atoms with Crippen molar-refractivity contribution >= 4 is 5.97 Å². The van der Waals surface area contributed by atoms with Gasteiger partial charge in [0.1, 0.15) is 6.04 Å². The van der Waals surface area contributed by atoms with E-state index >= 15 is 0 Å². The minimum absolute atomic E-state index is 0.232. The Balaban J connectivity index is 2.66. The number of benzene rings is 1. The minimum Gasteiger partial charge on any atom is -0.468 e. The number of ether oxygens (including phenoxy) is 1. The van der Waals surface area contributed by atoms with Crippen LogP contribution in [0.2, 0.25) is 0 Å². The van der Waals surface area contributed by atoms with Gasteiger partial charge in [0.05, 0.1) is 7.11 Å². The molecule has 0 aromatic heterocycles. The molecule has 3 nitrogen and oxygen atoms in total. The highest BCUT2D eigenvalue weighted by Crippen LogP contribution is 2.15. The van der Waals surface area contributed by atoms with Crippen molar-refractivity contribution in [3.05, 3.63) is 35.9 Å². The zero-order chi connectivity index (χ0) is 13.4. The lowest BCUT2D eigenvalue weighted by molar-refractivity contribution is -0.143. The predicted molar refractivity (Wildman–Crippen MR) is 73.3 cm³/mol. The van der Waals surface area contributed by atoms with E-state index in [1.165, 1.54) is 7.11 Å². The average molecular weight is 249 g/mol. The summed E-state index contributed by atoms with van der Waals surface area (Å²) in [5.74, 6) is 0.329. The van der Waals surface area contributed by atoms with Crippen LogP contribution < -0.4 is 5.32 Å². The van der Waals surface area contributed by atoms with Gasteiger partial charge in [-0.2, -0.15) is 0 Å². The lowest BCUT2D eigenvalue weighted by Crippen LogP contribution is -2.32. The van der Waals surface area contributed by atoms with Crippen molar-refractivity contribution < 1.29 is 9.53 Å². The van der Waals surface area contributed by atoms with Crippen LogP contribution in [-0.2, 0) is 9.53 Å². The highest BCUT2D eigenvalue weighted by molar-refractivity contribution is 5.77. The number of hydrogen-bond donors (Lipinski definition) is 1. The van der Waals surface area contributed by atoms with E-state index < -0.39 is 0 Å². The Bertz CT molecular complexity index is 351. The van der Waals surface area contributed by atoms with Gasteiger partial charge < -0.3 is 10.1 Å². The van der Waals surface area contributed by atoms with Crippen LogP contribution in [0.25, 0.3) is 0 Å². The van der Waals surface area contributed by atoms with Gasteiger partial charge in [0, 0.05) is 0 Å². The fraction of sp³-hybridized carbons (Fsp3) is 0.533. The van der Waals surface area contributed by atoms with Crippen molar-refractivity contribution in [2.45, 2.75) is 32.7 Å². The Labute approximate surface area is 110 Å². The molecule has 0 aliphatic rings. The molecule has 0 saturated heterocycles. The van der Waals surface area contributed by atoms with Crippen LogP contribution >= 0.6 is 0 Å². The normalized spacial score (nSPS) is 13.9. The smallest absolute Gasteiger partial charge is 0.327 e. The summed E-state index contributed by atoms with van der Waals surface area (Å²) in [6.07, 6.45) is 2.33. The molecule has 0 heterocycles. The molecule has 100 valence electrons. The maximum absolute atomic E-state index is 11.8. The molecular weight excluding hydrogens is 226 g/mol. The second kappa shape index (κ2) is 7.88. The third-order valence-corrected chi connectivity index (χ3v) is 3.02. The molecule has 1 aromatic rings. The first-order chi connectivity index (χ1) is 8.69. The molecule has 2 atom stereocenters. The first kappa shape index (κ1) is 14.7. The van der Waals surface area contributed by atoms with Gasteiger partial charge in [-0.05, 0) is 24.4 Å². The van der Waals surface area contributed by atoms with Crippen molar-refractivity contribution in [3.8, 4) is 0 Å². The third kappa shape index (κ3) is 4.49. The Kier molecular flexibility index (Phi) is 6.44. The Hall–Kier alpha value is -1.35. The van der Waals surface area contributed by atoms with E-state index in [0.29, 0.717) is 5.92 Å². The van der Waals surface area contributed by atoms with Crippen molar-refractivity contribution in [2.75, 3.05) is 13.7 Å². The molecule has 0 bridgehead atoms. The minimum atomic E-state index is -0.365. The Morgan fingerprint density at radius 2 is 2.00 bits per heavy atom. The molecule has 1 aromatic carbocycles. The molecule has 0 aliphatic carbocycles. The Morgan fingerprint density at radius 1 is 1.33 bits per heavy atom. The number of rotatable bonds is 7. The van der Waals surface area contributed by atoms with Gasteiger partial charge in [0.15, 0.2) is 0 Å². The fourth-order valence-electron chi connectivity index (χ4n) is 2.01. The first-order valence-electron chi connectivity index (χ1n) is 6.55. The molecule has 0 fully saturated rings. The summed E-state index contributed by atoms with van der Waals surface area (Å²) >= 11 is 0. The zero-order valence-electron chi connectivity index (χ0n) is 11.5. The van der Waals surface area contributed by atoms with E-state index in [0.717, 1.165) is 24.9 Å². The number of methoxy groups -OCH3 is 1. The lowest BCUT2D eigenvalue weighted by Gasteiger charge is -2.19. The first-order valence-corrected chi connectivity index (χ1v) is 6.55. The summed E-state index contributed by atoms with van der Waals surface area (Å²) in [6, 6.07) is 9.33. The van der Waals surface area contributed by atoms with Gasteiger partial charge in [-0.3, -0.25) is 0 Å². The van der Waals surface area contributed by atoms with E-state index in [-0.39, 0.29) is 12.0 Å². The van der Waals surface area contributed by atoms with Crippen molar-refractivity contribution in [1.29, 1.82) is 0 Å². The van der Waals surface area contributed by atoms with Crippen LogP contribution in [0.15, 0.2) is 30.3 Å². The molecule has 0 amide bonds. The van der Waals surface area contributed by atoms with Crippen molar-refractivity contribution in [1.82, 2.24) is 5.32 Å². The lowest BCUT2D eigenvalue weighted by atomic mass is 10.0. The molecule has 0 saturated carbocycles. The summed E-state index contributed by atoms with van der Waals surface area (Å²) in [5, 5.41) is 3.30. The average Bonchev–Trinajstić information content (AvgIpc) is 2.40. The van der Waals surface area contributed by atoms with Crippen LogP contribution in [0, 0.1) is 5.92 Å². The van der Waals surface area contributed by atoms with Crippen molar-refractivity contribution in [2.24, 2.45) is 5.92 Å². The second-order valence-corrected chi connectivity index (χ2v) is 4.67. The summed E-state index contributed by atoms with van der Waals surface area (Å²) in [4.78, 5) is 11.8. The molecule has 2 unspecified atom stereocenters. The molecule has 0 aliphatic heterocycles. The quantitative estimate of drug-likeness (QED) is 0.755. The van der Waals surface area contributed by atoms with E-state index in [1.807, 2.05) is 30.3 Å². The number of carbonyl (C=O) groups is 1. The predicted octanol–water partition coefficient (Wildman–Crippen LogP) is 2.93. The monoisotopic (exact) mass is 249 g/mol. The third-order valence-electron chi connectivity index (χ3n) is 3.02. The SMILES string of the molecule is CCCC(C)CNC(C(=O)OC)c1ccccc1. The standard InChI is InChI=1S/C15H23NO2/c1-4-8-12(2)11-16-14(15(17)18-3)13-9-6-5-7-10-13/h5-7,9-10,12,14,16H,4,8,11H2,1-3H3. The van der Waals surface area contributed by atoms with Crippen LogP contribution in [-0.4, -0.2) is 19.6 Å². The highest BCUT2D eigenvalue weighted by atomic mass is 16.5. The molecule has 3 heteroatoms. The van der Waals surface area contributed by atoms with E-state index in [4.69, 9.17) is 4.74 Å². The number of nitrogens with one attached hydrogen (secondary N) is 1. The summed E-state index contributed by atoms with van der Waals surface area (Å²) in [5.41, 5.74) is 0.952. The molecule has 0 radical (unpaired) electrons. The van der Waals surface area contributed by atoms with Gasteiger partial charge in [-0.15, -0.1) is 0 Å². The molecule has 18 heavy (non-hydrogen) atoms. The van der Waals surface area contributed by atoms with Crippen LogP contribution in [0.1, 0.15) is 38.3 Å². The van der Waals surface area contributed by atoms with Crippen LogP contribution in [0.3, 0.4) is 0 Å². The number of hydrogen-bond acceptors (Lipinski definition) is 3. The molecule has 1 rings (SSSR count). The Morgan fingerprint density at radius 3 is 2.56 bits per heavy atom. The van der Waals surface area contributed by atoms with Crippen LogP contribution in [0.5, 0.6) is 0 Å². The second-order valence-electron chi connectivity index (χ2n) is 4.67. The van der Waals surface area contributed by atoms with Gasteiger partial charge in [-0.1, -0.05) is 50.6 Å². The van der Waals surface area contributed by atoms with Crippen LogP contribution in [0.4, 0.5) is 0 Å². The number of esters is 1. The molecule has 1 N–H and O–H groups in total. The topological polar surface area (TPSA) is 38.3 Å². The fourth-order valence-corrected chi connectivity index (χ4v) is 2.01. The number of carbonyl (C=O) groups excluding carboxylic acids is 1. The van der Waals surface area contributed by atoms with Gasteiger partial charge >= 0.3 is 5.97 Å². The summed E-state index contributed by atoms with van der Waals surface area (Å²) < 4.78 is 4.86. The van der Waals surface area contributed by atoms with Gasteiger partial charge in [-0.25, -0.2) is 4.79 Å².